The van der Waals surface area contributed by atoms with E-state index in [0.717, 1.165) is 19.3 Å². The Morgan fingerprint density at radius 1 is 1.37 bits per heavy atom. The first-order valence-corrected chi connectivity index (χ1v) is 6.94. The van der Waals surface area contributed by atoms with Gasteiger partial charge in [0.05, 0.1) is 11.6 Å². The minimum absolute atomic E-state index is 0.116. The molecule has 4 nitrogen and oxygen atoms in total. The van der Waals surface area contributed by atoms with E-state index in [1.54, 1.807) is 12.1 Å². The standard InChI is InChI=1S/C14H20ClNO3/c15-12-4-1-2-5-13(12)19-9-11(18)8-16-14(10-17)6-3-7-14/h1-2,4-5,11,16-18H,3,6-10H2. The first kappa shape index (κ1) is 14.6. The summed E-state index contributed by atoms with van der Waals surface area (Å²) in [5, 5.41) is 22.9. The van der Waals surface area contributed by atoms with Crippen molar-refractivity contribution in [1.29, 1.82) is 0 Å². The number of nitrogens with one attached hydrogen (secondary N) is 1. The molecule has 1 aromatic carbocycles. The third-order valence-corrected chi connectivity index (χ3v) is 3.91. The number of aliphatic hydroxyl groups is 2. The van der Waals surface area contributed by atoms with Crippen LogP contribution in [0.4, 0.5) is 0 Å². The highest BCUT2D eigenvalue weighted by Crippen LogP contribution is 2.31. The maximum absolute atomic E-state index is 9.87. The lowest BCUT2D eigenvalue weighted by atomic mass is 9.77. The molecule has 19 heavy (non-hydrogen) atoms. The molecule has 5 heteroatoms. The van der Waals surface area contributed by atoms with Gasteiger partial charge in [0.1, 0.15) is 18.5 Å². The number of para-hydroxylation sites is 1. The average molecular weight is 286 g/mol. The minimum Gasteiger partial charge on any atom is -0.489 e. The second kappa shape index (κ2) is 6.57. The van der Waals surface area contributed by atoms with Crippen LogP contribution < -0.4 is 10.1 Å². The highest BCUT2D eigenvalue weighted by Gasteiger charge is 2.35. The summed E-state index contributed by atoms with van der Waals surface area (Å²) in [7, 11) is 0. The summed E-state index contributed by atoms with van der Waals surface area (Å²) in [6.07, 6.45) is 2.42. The lowest BCUT2D eigenvalue weighted by molar-refractivity contribution is 0.0540. The molecule has 1 aromatic rings. The molecular weight excluding hydrogens is 266 g/mol. The maximum atomic E-state index is 9.87. The fourth-order valence-electron chi connectivity index (χ4n) is 2.14. The molecule has 3 N–H and O–H groups in total. The predicted octanol–water partition coefficient (Wildman–Crippen LogP) is 1.58. The van der Waals surface area contributed by atoms with Crippen LogP contribution in [0, 0.1) is 0 Å². The Morgan fingerprint density at radius 3 is 2.68 bits per heavy atom. The second-order valence-corrected chi connectivity index (χ2v) is 5.48. The Kier molecular flexibility index (Phi) is 5.05. The molecule has 1 unspecified atom stereocenters. The second-order valence-electron chi connectivity index (χ2n) is 5.07. The van der Waals surface area contributed by atoms with Crippen molar-refractivity contribution in [3.8, 4) is 5.75 Å². The maximum Gasteiger partial charge on any atom is 0.138 e. The fourth-order valence-corrected chi connectivity index (χ4v) is 2.33. The summed E-state index contributed by atoms with van der Waals surface area (Å²) in [6.45, 7) is 0.703. The van der Waals surface area contributed by atoms with Crippen molar-refractivity contribution in [2.45, 2.75) is 30.9 Å². The number of ether oxygens (including phenoxy) is 1. The van der Waals surface area contributed by atoms with E-state index in [4.69, 9.17) is 16.3 Å². The van der Waals surface area contributed by atoms with Gasteiger partial charge in [-0.25, -0.2) is 0 Å². The zero-order chi connectivity index (χ0) is 13.7. The molecule has 0 radical (unpaired) electrons. The molecule has 0 heterocycles. The van der Waals surface area contributed by atoms with Crippen LogP contribution in [-0.2, 0) is 0 Å². The fraction of sp³-hybridized carbons (Fsp3) is 0.571. The van der Waals surface area contributed by atoms with E-state index in [9.17, 15) is 10.2 Å². The Bertz CT molecular complexity index is 404. The van der Waals surface area contributed by atoms with E-state index in [1.807, 2.05) is 12.1 Å². The van der Waals surface area contributed by atoms with Crippen molar-refractivity contribution in [2.75, 3.05) is 19.8 Å². The third-order valence-electron chi connectivity index (χ3n) is 3.59. The molecule has 1 atom stereocenters. The number of rotatable bonds is 7. The van der Waals surface area contributed by atoms with Crippen molar-refractivity contribution >= 4 is 11.6 Å². The zero-order valence-electron chi connectivity index (χ0n) is 10.8. The van der Waals surface area contributed by atoms with Crippen LogP contribution in [0.25, 0.3) is 0 Å². The molecule has 0 aromatic heterocycles. The molecule has 0 spiro atoms. The van der Waals surface area contributed by atoms with Crippen molar-refractivity contribution in [1.82, 2.24) is 5.32 Å². The first-order valence-electron chi connectivity index (χ1n) is 6.56. The van der Waals surface area contributed by atoms with Gasteiger partial charge < -0.3 is 20.3 Å². The smallest absolute Gasteiger partial charge is 0.138 e. The number of halogens is 1. The molecule has 1 fully saturated rings. The Morgan fingerprint density at radius 2 is 2.11 bits per heavy atom. The normalized spacial score (nSPS) is 18.7. The average Bonchev–Trinajstić information content (AvgIpc) is 2.37. The van der Waals surface area contributed by atoms with E-state index in [1.165, 1.54) is 0 Å². The summed E-state index contributed by atoms with van der Waals surface area (Å²) < 4.78 is 5.46. The molecule has 106 valence electrons. The molecule has 0 aliphatic heterocycles. The van der Waals surface area contributed by atoms with E-state index in [-0.39, 0.29) is 18.8 Å². The summed E-state index contributed by atoms with van der Waals surface area (Å²) in [5.74, 6) is 0.573. The minimum atomic E-state index is -0.625. The molecule has 0 amide bonds. The molecule has 1 saturated carbocycles. The Balaban J connectivity index is 1.73. The van der Waals surface area contributed by atoms with Crippen molar-refractivity contribution in [2.24, 2.45) is 0 Å². The Labute approximate surface area is 118 Å². The first-order chi connectivity index (χ1) is 9.15. The number of β-amino-alcohol motifs (C(OH)–C–C–N with tert-alkyl or cyclic N) is 1. The van der Waals surface area contributed by atoms with Gasteiger partial charge in [-0.1, -0.05) is 23.7 Å². The number of hydrogen-bond donors (Lipinski definition) is 3. The number of aliphatic hydroxyl groups excluding tert-OH is 2. The van der Waals surface area contributed by atoms with Crippen LogP contribution in [0.2, 0.25) is 5.02 Å². The van der Waals surface area contributed by atoms with Gasteiger partial charge in [-0.2, -0.15) is 0 Å². The van der Waals surface area contributed by atoms with Gasteiger partial charge in [-0.15, -0.1) is 0 Å². The third kappa shape index (κ3) is 3.83. The summed E-state index contributed by atoms with van der Waals surface area (Å²) in [6, 6.07) is 7.18. The van der Waals surface area contributed by atoms with E-state index >= 15 is 0 Å². The molecule has 1 aliphatic carbocycles. The molecule has 1 aliphatic rings. The predicted molar refractivity (Wildman–Crippen MR) is 74.6 cm³/mol. The van der Waals surface area contributed by atoms with Crippen molar-refractivity contribution in [3.63, 3.8) is 0 Å². The van der Waals surface area contributed by atoms with Crippen LogP contribution in [0.3, 0.4) is 0 Å². The van der Waals surface area contributed by atoms with Crippen LogP contribution in [0.15, 0.2) is 24.3 Å². The lowest BCUT2D eigenvalue weighted by Gasteiger charge is -2.41. The zero-order valence-corrected chi connectivity index (χ0v) is 11.6. The lowest BCUT2D eigenvalue weighted by Crippen LogP contribution is -2.56. The molecular formula is C14H20ClNO3. The van der Waals surface area contributed by atoms with Gasteiger partial charge in [0.2, 0.25) is 0 Å². The van der Waals surface area contributed by atoms with Gasteiger partial charge in [-0.05, 0) is 31.4 Å². The quantitative estimate of drug-likeness (QED) is 0.712. The van der Waals surface area contributed by atoms with E-state index < -0.39 is 6.10 Å². The SMILES string of the molecule is OCC1(NCC(O)COc2ccccc2Cl)CCC1. The molecule has 0 saturated heterocycles. The van der Waals surface area contributed by atoms with Crippen LogP contribution >= 0.6 is 11.6 Å². The largest absolute Gasteiger partial charge is 0.489 e. The van der Waals surface area contributed by atoms with Gasteiger partial charge in [0.15, 0.2) is 0 Å². The summed E-state index contributed by atoms with van der Waals surface area (Å²) in [5.41, 5.74) is -0.189. The Hall–Kier alpha value is -0.810. The summed E-state index contributed by atoms with van der Waals surface area (Å²) in [4.78, 5) is 0. The highest BCUT2D eigenvalue weighted by molar-refractivity contribution is 6.32. The monoisotopic (exact) mass is 285 g/mol. The van der Waals surface area contributed by atoms with Crippen LogP contribution in [0.1, 0.15) is 19.3 Å². The van der Waals surface area contributed by atoms with Crippen LogP contribution in [-0.4, -0.2) is 41.6 Å². The summed E-state index contributed by atoms with van der Waals surface area (Å²) >= 11 is 5.96. The molecule has 0 bridgehead atoms. The molecule has 2 rings (SSSR count). The van der Waals surface area contributed by atoms with Gasteiger partial charge in [0.25, 0.3) is 0 Å². The van der Waals surface area contributed by atoms with Crippen molar-refractivity contribution < 1.29 is 14.9 Å². The number of hydrogen-bond acceptors (Lipinski definition) is 4. The van der Waals surface area contributed by atoms with E-state index in [0.29, 0.717) is 17.3 Å². The van der Waals surface area contributed by atoms with Crippen LogP contribution in [0.5, 0.6) is 5.75 Å². The van der Waals surface area contributed by atoms with Gasteiger partial charge >= 0.3 is 0 Å². The number of benzene rings is 1. The van der Waals surface area contributed by atoms with E-state index in [2.05, 4.69) is 5.32 Å². The van der Waals surface area contributed by atoms with Crippen molar-refractivity contribution in [3.05, 3.63) is 29.3 Å². The topological polar surface area (TPSA) is 61.7 Å². The van der Waals surface area contributed by atoms with Gasteiger partial charge in [-0.3, -0.25) is 0 Å². The van der Waals surface area contributed by atoms with Gasteiger partial charge in [0, 0.05) is 12.1 Å². The highest BCUT2D eigenvalue weighted by atomic mass is 35.5.